The summed E-state index contributed by atoms with van der Waals surface area (Å²) < 4.78 is 1.76. The van der Waals surface area contributed by atoms with E-state index in [1.807, 2.05) is 12.3 Å². The number of rotatable bonds is 5. The molecule has 0 radical (unpaired) electrons. The molecular weight excluding hydrogens is 388 g/mol. The van der Waals surface area contributed by atoms with Crippen LogP contribution >= 0.6 is 23.4 Å². The first-order chi connectivity index (χ1) is 13.5. The van der Waals surface area contributed by atoms with Crippen molar-refractivity contribution < 1.29 is 0 Å². The van der Waals surface area contributed by atoms with Gasteiger partial charge in [0.1, 0.15) is 0 Å². The monoisotopic (exact) mass is 410 g/mol. The Kier molecular flexibility index (Phi) is 5.63. The van der Waals surface area contributed by atoms with Crippen LogP contribution in [0.3, 0.4) is 0 Å². The first kappa shape index (κ1) is 19.3. The number of allylic oxidation sites excluding steroid dienone is 1. The molecule has 144 valence electrons. The summed E-state index contributed by atoms with van der Waals surface area (Å²) in [6.07, 6.45) is 3.06. The minimum absolute atomic E-state index is 0.0198. The minimum Gasteiger partial charge on any atom is -0.303 e. The maximum absolute atomic E-state index is 13.3. The van der Waals surface area contributed by atoms with Crippen molar-refractivity contribution in [3.05, 3.63) is 87.2 Å². The molecule has 0 saturated heterocycles. The Hall–Kier alpha value is -2.01. The summed E-state index contributed by atoms with van der Waals surface area (Å²) in [7, 11) is 0. The highest BCUT2D eigenvalue weighted by atomic mass is 35.5. The third-order valence-electron chi connectivity index (χ3n) is 5.31. The van der Waals surface area contributed by atoms with Gasteiger partial charge in [0.15, 0.2) is 0 Å². The quantitative estimate of drug-likeness (QED) is 0.551. The van der Waals surface area contributed by atoms with Gasteiger partial charge in [-0.2, -0.15) is 0 Å². The van der Waals surface area contributed by atoms with E-state index in [2.05, 4.69) is 53.9 Å². The van der Waals surface area contributed by atoms with E-state index in [1.165, 1.54) is 11.1 Å². The van der Waals surface area contributed by atoms with E-state index in [1.54, 1.807) is 16.3 Å². The number of benzene rings is 2. The lowest BCUT2D eigenvalue weighted by atomic mass is 9.99. The number of hydrogen-bond donors (Lipinski definition) is 0. The van der Waals surface area contributed by atoms with Crippen LogP contribution in [0.2, 0.25) is 0 Å². The maximum Gasteiger partial charge on any atom is 0.255 e. The molecule has 0 fully saturated rings. The summed E-state index contributed by atoms with van der Waals surface area (Å²) in [6.45, 7) is 6.60. The molecule has 0 N–H and O–H groups in total. The van der Waals surface area contributed by atoms with Gasteiger partial charge in [0.2, 0.25) is 0 Å². The SMILES string of the molecule is C=C(Cl)Cn1c(=O)c(CN2CCc3ccccc3C2)cc2ccc(SC)cc21. The third-order valence-corrected chi connectivity index (χ3v) is 6.16. The standard InChI is InChI=1S/C23H23ClN2OS/c1-16(24)13-26-22-12-21(28-2)8-7-18(22)11-20(23(26)27)15-25-10-9-17-5-3-4-6-19(17)14-25/h3-8,11-12H,1,9-10,13-15H2,2H3. The predicted molar refractivity (Wildman–Crippen MR) is 119 cm³/mol. The van der Waals surface area contributed by atoms with E-state index < -0.39 is 0 Å². The second-order valence-corrected chi connectivity index (χ2v) is 8.65. The zero-order valence-corrected chi connectivity index (χ0v) is 17.5. The predicted octanol–water partition coefficient (Wildman–Crippen LogP) is 5.03. The van der Waals surface area contributed by atoms with Crippen molar-refractivity contribution in [2.24, 2.45) is 0 Å². The molecule has 1 aliphatic rings. The second kappa shape index (κ2) is 8.16. The van der Waals surface area contributed by atoms with Gasteiger partial charge in [-0.1, -0.05) is 48.5 Å². The number of hydrogen-bond acceptors (Lipinski definition) is 3. The zero-order valence-electron chi connectivity index (χ0n) is 16.0. The molecule has 4 rings (SSSR count). The van der Waals surface area contributed by atoms with Crippen molar-refractivity contribution in [1.29, 1.82) is 0 Å². The van der Waals surface area contributed by atoms with E-state index in [0.717, 1.165) is 40.9 Å². The van der Waals surface area contributed by atoms with Crippen LogP contribution in [0.4, 0.5) is 0 Å². The molecule has 0 bridgehead atoms. The van der Waals surface area contributed by atoms with Crippen molar-refractivity contribution in [1.82, 2.24) is 9.47 Å². The van der Waals surface area contributed by atoms with Crippen LogP contribution in [0, 0.1) is 0 Å². The molecule has 1 aliphatic heterocycles. The Balaban J connectivity index is 1.72. The Morgan fingerprint density at radius 2 is 1.96 bits per heavy atom. The van der Waals surface area contributed by atoms with Gasteiger partial charge in [-0.25, -0.2) is 0 Å². The average Bonchev–Trinajstić information content (AvgIpc) is 2.70. The van der Waals surface area contributed by atoms with Crippen LogP contribution in [0.25, 0.3) is 10.9 Å². The first-order valence-electron chi connectivity index (χ1n) is 9.38. The molecule has 0 saturated carbocycles. The largest absolute Gasteiger partial charge is 0.303 e. The van der Waals surface area contributed by atoms with Gasteiger partial charge in [-0.15, -0.1) is 11.8 Å². The molecule has 3 nitrogen and oxygen atoms in total. The number of aromatic nitrogens is 1. The van der Waals surface area contributed by atoms with Crippen LogP contribution in [0.15, 0.2) is 69.8 Å². The molecule has 1 aromatic heterocycles. The number of thioether (sulfide) groups is 1. The van der Waals surface area contributed by atoms with Crippen LogP contribution in [0.1, 0.15) is 16.7 Å². The molecule has 0 spiro atoms. The van der Waals surface area contributed by atoms with Crippen molar-refractivity contribution in [2.45, 2.75) is 31.0 Å². The number of fused-ring (bicyclic) bond motifs is 2. The summed E-state index contributed by atoms with van der Waals surface area (Å²) >= 11 is 7.75. The van der Waals surface area contributed by atoms with E-state index in [4.69, 9.17) is 11.6 Å². The number of halogens is 1. The topological polar surface area (TPSA) is 25.2 Å². The molecule has 28 heavy (non-hydrogen) atoms. The van der Waals surface area contributed by atoms with Gasteiger partial charge in [-0.05, 0) is 47.4 Å². The molecule has 5 heteroatoms. The fourth-order valence-corrected chi connectivity index (χ4v) is 4.46. The molecule has 2 heterocycles. The Bertz CT molecular complexity index is 1110. The summed E-state index contributed by atoms with van der Waals surface area (Å²) in [5, 5.41) is 1.52. The lowest BCUT2D eigenvalue weighted by molar-refractivity contribution is 0.244. The molecular formula is C23H23ClN2OS. The lowest BCUT2D eigenvalue weighted by Crippen LogP contribution is -2.34. The van der Waals surface area contributed by atoms with Gasteiger partial charge >= 0.3 is 0 Å². The fourth-order valence-electron chi connectivity index (χ4n) is 3.91. The van der Waals surface area contributed by atoms with E-state index in [-0.39, 0.29) is 5.56 Å². The summed E-state index contributed by atoms with van der Waals surface area (Å²) in [6, 6.07) is 16.8. The van der Waals surface area contributed by atoms with Crippen molar-refractivity contribution in [3.63, 3.8) is 0 Å². The zero-order chi connectivity index (χ0) is 19.7. The maximum atomic E-state index is 13.3. The van der Waals surface area contributed by atoms with Gasteiger partial charge in [-0.3, -0.25) is 9.69 Å². The molecule has 0 aliphatic carbocycles. The average molecular weight is 411 g/mol. The molecule has 3 aromatic rings. The number of nitrogens with zero attached hydrogens (tertiary/aromatic N) is 2. The molecule has 2 aromatic carbocycles. The second-order valence-electron chi connectivity index (χ2n) is 7.23. The lowest BCUT2D eigenvalue weighted by Gasteiger charge is -2.28. The summed E-state index contributed by atoms with van der Waals surface area (Å²) in [5.41, 5.74) is 4.51. The van der Waals surface area contributed by atoms with Crippen molar-refractivity contribution >= 4 is 34.3 Å². The minimum atomic E-state index is 0.0198. The van der Waals surface area contributed by atoms with Crippen LogP contribution < -0.4 is 5.56 Å². The first-order valence-corrected chi connectivity index (χ1v) is 11.0. The van der Waals surface area contributed by atoms with Gasteiger partial charge < -0.3 is 4.57 Å². The Morgan fingerprint density at radius 3 is 2.71 bits per heavy atom. The van der Waals surface area contributed by atoms with Gasteiger partial charge in [0.05, 0.1) is 12.1 Å². The highest BCUT2D eigenvalue weighted by Gasteiger charge is 2.18. The van der Waals surface area contributed by atoms with Crippen LogP contribution in [-0.2, 0) is 26.1 Å². The summed E-state index contributed by atoms with van der Waals surface area (Å²) in [4.78, 5) is 16.7. The van der Waals surface area contributed by atoms with E-state index >= 15 is 0 Å². The Labute approximate surface area is 174 Å². The van der Waals surface area contributed by atoms with Crippen LogP contribution in [0.5, 0.6) is 0 Å². The number of pyridine rings is 1. The van der Waals surface area contributed by atoms with E-state index in [0.29, 0.717) is 18.1 Å². The van der Waals surface area contributed by atoms with Crippen LogP contribution in [-0.4, -0.2) is 22.3 Å². The van der Waals surface area contributed by atoms with Crippen molar-refractivity contribution in [3.8, 4) is 0 Å². The highest BCUT2D eigenvalue weighted by Crippen LogP contribution is 2.24. The fraction of sp³-hybridized carbons (Fsp3) is 0.261. The summed E-state index contributed by atoms with van der Waals surface area (Å²) in [5.74, 6) is 0. The Morgan fingerprint density at radius 1 is 1.18 bits per heavy atom. The van der Waals surface area contributed by atoms with Crippen molar-refractivity contribution in [2.75, 3.05) is 12.8 Å². The van der Waals surface area contributed by atoms with Gasteiger partial charge in [0.25, 0.3) is 5.56 Å². The smallest absolute Gasteiger partial charge is 0.255 e. The third kappa shape index (κ3) is 3.90. The van der Waals surface area contributed by atoms with Gasteiger partial charge in [0, 0.05) is 35.1 Å². The highest BCUT2D eigenvalue weighted by molar-refractivity contribution is 7.98. The molecule has 0 amide bonds. The molecule has 0 unspecified atom stereocenters. The molecule has 0 atom stereocenters. The normalized spacial score (nSPS) is 14.2. The van der Waals surface area contributed by atoms with E-state index in [9.17, 15) is 4.79 Å².